The Bertz CT molecular complexity index is 544. The molecule has 3 rings (SSSR count). The minimum atomic E-state index is 0.352. The van der Waals surface area contributed by atoms with E-state index in [4.69, 9.17) is 0 Å². The van der Waals surface area contributed by atoms with Crippen LogP contribution in [-0.4, -0.2) is 10.7 Å². The minimum Gasteiger partial charge on any atom is -0.0925 e. The summed E-state index contributed by atoms with van der Waals surface area (Å²) in [6.07, 6.45) is 1.29. The van der Waals surface area contributed by atoms with Gasteiger partial charge in [-0.25, -0.2) is 0 Å². The molecule has 1 aliphatic carbocycles. The zero-order valence-electron chi connectivity index (χ0n) is 9.50. The van der Waals surface area contributed by atoms with Gasteiger partial charge in [0.15, 0.2) is 0 Å². The number of benzene rings is 2. The Labute approximate surface area is 119 Å². The molecule has 1 fully saturated rings. The summed E-state index contributed by atoms with van der Waals surface area (Å²) in [6.45, 7) is 0. The fourth-order valence-corrected chi connectivity index (χ4v) is 4.65. The standard InChI is InChI=1S/C15H14Br2/c16-9-12-8-15(12,10-17)14-7-3-5-11-4-1-2-6-13(11)14/h1-7,12H,8-10H2/t12-,15-/m1/s1. The Morgan fingerprint density at radius 3 is 2.53 bits per heavy atom. The lowest BCUT2D eigenvalue weighted by molar-refractivity contribution is 0.734. The molecule has 2 aromatic rings. The van der Waals surface area contributed by atoms with E-state index >= 15 is 0 Å². The van der Waals surface area contributed by atoms with Gasteiger partial charge in [-0.2, -0.15) is 0 Å². The van der Waals surface area contributed by atoms with E-state index in [2.05, 4.69) is 74.3 Å². The van der Waals surface area contributed by atoms with Gasteiger partial charge in [-0.1, -0.05) is 74.3 Å². The molecule has 0 aromatic heterocycles. The Morgan fingerprint density at radius 2 is 1.82 bits per heavy atom. The van der Waals surface area contributed by atoms with Gasteiger partial charge in [0.2, 0.25) is 0 Å². The van der Waals surface area contributed by atoms with Crippen molar-refractivity contribution in [2.75, 3.05) is 10.7 Å². The molecule has 0 amide bonds. The van der Waals surface area contributed by atoms with E-state index in [1.54, 1.807) is 0 Å². The topological polar surface area (TPSA) is 0 Å². The highest BCUT2D eigenvalue weighted by molar-refractivity contribution is 9.09. The normalized spacial score (nSPS) is 27.3. The molecule has 0 unspecified atom stereocenters. The Balaban J connectivity index is 2.18. The molecule has 0 spiro atoms. The second-order valence-corrected chi connectivity index (χ2v) is 6.08. The zero-order valence-corrected chi connectivity index (χ0v) is 12.7. The number of alkyl halides is 2. The van der Waals surface area contributed by atoms with Crippen molar-refractivity contribution in [2.24, 2.45) is 5.92 Å². The maximum atomic E-state index is 3.72. The van der Waals surface area contributed by atoms with E-state index in [-0.39, 0.29) is 0 Å². The highest BCUT2D eigenvalue weighted by Gasteiger charge is 2.54. The summed E-state index contributed by atoms with van der Waals surface area (Å²) in [7, 11) is 0. The molecule has 2 heteroatoms. The molecule has 1 saturated carbocycles. The Kier molecular flexibility index (Phi) is 3.04. The summed E-state index contributed by atoms with van der Waals surface area (Å²) in [5.74, 6) is 0.771. The molecule has 88 valence electrons. The van der Waals surface area contributed by atoms with E-state index in [1.807, 2.05) is 0 Å². The van der Waals surface area contributed by atoms with Gasteiger partial charge in [0, 0.05) is 16.1 Å². The molecule has 0 nitrogen and oxygen atoms in total. The van der Waals surface area contributed by atoms with Crippen LogP contribution in [0.4, 0.5) is 0 Å². The highest BCUT2D eigenvalue weighted by Crippen LogP contribution is 2.57. The Morgan fingerprint density at radius 1 is 1.06 bits per heavy atom. The first kappa shape index (κ1) is 11.7. The van der Waals surface area contributed by atoms with Crippen molar-refractivity contribution in [1.29, 1.82) is 0 Å². The van der Waals surface area contributed by atoms with Crippen molar-refractivity contribution >= 4 is 42.6 Å². The summed E-state index contributed by atoms with van der Waals surface area (Å²) in [5.41, 5.74) is 1.86. The maximum Gasteiger partial charge on any atom is 0.0132 e. The second-order valence-electron chi connectivity index (χ2n) is 4.87. The van der Waals surface area contributed by atoms with Crippen LogP contribution in [0.3, 0.4) is 0 Å². The van der Waals surface area contributed by atoms with Gasteiger partial charge in [-0.05, 0) is 28.7 Å². The fourth-order valence-electron chi connectivity index (χ4n) is 2.81. The fraction of sp³-hybridized carbons (Fsp3) is 0.333. The van der Waals surface area contributed by atoms with Gasteiger partial charge in [0.05, 0.1) is 0 Å². The molecule has 1 aliphatic rings. The van der Waals surface area contributed by atoms with Crippen molar-refractivity contribution in [1.82, 2.24) is 0 Å². The molecule has 0 saturated heterocycles. The van der Waals surface area contributed by atoms with E-state index in [0.29, 0.717) is 5.41 Å². The van der Waals surface area contributed by atoms with Crippen LogP contribution in [0, 0.1) is 5.92 Å². The summed E-state index contributed by atoms with van der Waals surface area (Å²) in [4.78, 5) is 0. The van der Waals surface area contributed by atoms with Crippen LogP contribution in [0.2, 0.25) is 0 Å². The molecule has 0 bridgehead atoms. The molecule has 2 aromatic carbocycles. The summed E-state index contributed by atoms with van der Waals surface area (Å²) in [5, 5.41) is 4.93. The van der Waals surface area contributed by atoms with Gasteiger partial charge in [0.1, 0.15) is 0 Å². The van der Waals surface area contributed by atoms with Crippen molar-refractivity contribution in [3.8, 4) is 0 Å². The van der Waals surface area contributed by atoms with Gasteiger partial charge in [-0.15, -0.1) is 0 Å². The van der Waals surface area contributed by atoms with Gasteiger partial charge in [-0.3, -0.25) is 0 Å². The zero-order chi connectivity index (χ0) is 11.9. The number of halogens is 2. The molecule has 0 heterocycles. The molecule has 0 radical (unpaired) electrons. The molecule has 0 N–H and O–H groups in total. The van der Waals surface area contributed by atoms with Gasteiger partial charge in [0.25, 0.3) is 0 Å². The second kappa shape index (κ2) is 4.40. The lowest BCUT2D eigenvalue weighted by atomic mass is 9.91. The van der Waals surface area contributed by atoms with Crippen LogP contribution < -0.4 is 0 Å². The smallest absolute Gasteiger partial charge is 0.0132 e. The average Bonchev–Trinajstić information content (AvgIpc) is 3.13. The van der Waals surface area contributed by atoms with Crippen molar-refractivity contribution in [3.63, 3.8) is 0 Å². The highest BCUT2D eigenvalue weighted by atomic mass is 79.9. The average molecular weight is 354 g/mol. The lowest BCUT2D eigenvalue weighted by Crippen LogP contribution is -2.13. The number of hydrogen-bond donors (Lipinski definition) is 0. The minimum absolute atomic E-state index is 0.352. The number of hydrogen-bond acceptors (Lipinski definition) is 0. The third kappa shape index (κ3) is 1.77. The van der Waals surface area contributed by atoms with Crippen LogP contribution in [0.1, 0.15) is 12.0 Å². The molecule has 2 atom stereocenters. The number of rotatable bonds is 3. The molecule has 0 aliphatic heterocycles. The predicted octanol–water partition coefficient (Wildman–Crippen LogP) is 4.89. The van der Waals surface area contributed by atoms with Crippen LogP contribution >= 0.6 is 31.9 Å². The lowest BCUT2D eigenvalue weighted by Gasteiger charge is -2.17. The predicted molar refractivity (Wildman–Crippen MR) is 81.3 cm³/mol. The number of fused-ring (bicyclic) bond motifs is 1. The third-order valence-corrected chi connectivity index (χ3v) is 5.76. The SMILES string of the molecule is BrC[C@H]1C[C@]1(CBr)c1cccc2ccccc12. The van der Waals surface area contributed by atoms with Crippen molar-refractivity contribution in [2.45, 2.75) is 11.8 Å². The third-order valence-electron chi connectivity index (χ3n) is 3.98. The quantitative estimate of drug-likeness (QED) is 0.689. The van der Waals surface area contributed by atoms with E-state index in [0.717, 1.165) is 16.6 Å². The van der Waals surface area contributed by atoms with Crippen molar-refractivity contribution < 1.29 is 0 Å². The molecular weight excluding hydrogens is 340 g/mol. The van der Waals surface area contributed by atoms with Crippen LogP contribution in [-0.2, 0) is 5.41 Å². The van der Waals surface area contributed by atoms with Crippen LogP contribution in [0.5, 0.6) is 0 Å². The van der Waals surface area contributed by atoms with Crippen molar-refractivity contribution in [3.05, 3.63) is 48.0 Å². The maximum absolute atomic E-state index is 3.72. The first-order valence-electron chi connectivity index (χ1n) is 5.92. The van der Waals surface area contributed by atoms with Crippen LogP contribution in [0.15, 0.2) is 42.5 Å². The summed E-state index contributed by atoms with van der Waals surface area (Å²) < 4.78 is 0. The largest absolute Gasteiger partial charge is 0.0925 e. The van der Waals surface area contributed by atoms with Crippen LogP contribution in [0.25, 0.3) is 10.8 Å². The van der Waals surface area contributed by atoms with E-state index in [1.165, 1.54) is 22.8 Å². The van der Waals surface area contributed by atoms with E-state index in [9.17, 15) is 0 Å². The monoisotopic (exact) mass is 352 g/mol. The van der Waals surface area contributed by atoms with Gasteiger partial charge >= 0.3 is 0 Å². The first-order chi connectivity index (χ1) is 8.31. The first-order valence-corrected chi connectivity index (χ1v) is 8.16. The summed E-state index contributed by atoms with van der Waals surface area (Å²) in [6, 6.07) is 15.4. The summed E-state index contributed by atoms with van der Waals surface area (Å²) >= 11 is 7.35. The van der Waals surface area contributed by atoms with Gasteiger partial charge < -0.3 is 0 Å². The molecule has 17 heavy (non-hydrogen) atoms. The molecular formula is C15H14Br2. The Hall–Kier alpha value is -0.340. The van der Waals surface area contributed by atoms with E-state index < -0.39 is 0 Å².